The number of likely N-dealkylation sites (tertiary alicyclic amines) is 1. The van der Waals surface area contributed by atoms with Gasteiger partial charge in [0.15, 0.2) is 0 Å². The van der Waals surface area contributed by atoms with Crippen molar-refractivity contribution in [2.24, 2.45) is 0 Å². The molecule has 6 nitrogen and oxygen atoms in total. The summed E-state index contributed by atoms with van der Waals surface area (Å²) in [6.07, 6.45) is 1.18. The monoisotopic (exact) mass is 550 g/mol. The number of anilines is 3. The Bertz CT molecular complexity index is 1340. The lowest BCUT2D eigenvalue weighted by molar-refractivity contribution is 0.191. The Morgan fingerprint density at radius 3 is 2.34 bits per heavy atom. The van der Waals surface area contributed by atoms with E-state index in [2.05, 4.69) is 41.8 Å². The van der Waals surface area contributed by atoms with Gasteiger partial charge in [-0.25, -0.2) is 4.79 Å². The summed E-state index contributed by atoms with van der Waals surface area (Å²) in [5, 5.41) is 0.891. The maximum absolute atomic E-state index is 14.1. The molecule has 38 heavy (non-hydrogen) atoms. The zero-order chi connectivity index (χ0) is 26.6. The van der Waals surface area contributed by atoms with Crippen LogP contribution in [0, 0.1) is 0 Å². The second-order valence-corrected chi connectivity index (χ2v) is 11.5. The van der Waals surface area contributed by atoms with Crippen LogP contribution >= 0.6 is 23.2 Å². The molecule has 2 unspecified atom stereocenters. The summed E-state index contributed by atoms with van der Waals surface area (Å²) >= 11 is 13.3. The van der Waals surface area contributed by atoms with Gasteiger partial charge in [0.05, 0.1) is 28.5 Å². The fourth-order valence-electron chi connectivity index (χ4n) is 6.23. The van der Waals surface area contributed by atoms with Crippen LogP contribution in [-0.4, -0.2) is 54.2 Å². The Morgan fingerprint density at radius 2 is 1.71 bits per heavy atom. The van der Waals surface area contributed by atoms with E-state index in [-0.39, 0.29) is 6.03 Å². The van der Waals surface area contributed by atoms with Crippen molar-refractivity contribution < 1.29 is 9.53 Å². The van der Waals surface area contributed by atoms with E-state index in [0.717, 1.165) is 41.3 Å². The van der Waals surface area contributed by atoms with Gasteiger partial charge in [-0.3, -0.25) is 9.80 Å². The van der Waals surface area contributed by atoms with Gasteiger partial charge in [-0.2, -0.15) is 0 Å². The molecule has 2 saturated heterocycles. The van der Waals surface area contributed by atoms with Gasteiger partial charge in [-0.1, -0.05) is 47.5 Å². The van der Waals surface area contributed by atoms with Crippen LogP contribution in [0.4, 0.5) is 21.9 Å². The van der Waals surface area contributed by atoms with Gasteiger partial charge in [0.2, 0.25) is 0 Å². The number of methoxy groups -OCH3 is 1. The molecule has 0 N–H and O–H groups in total. The summed E-state index contributed by atoms with van der Waals surface area (Å²) in [5.41, 5.74) is 4.59. The van der Waals surface area contributed by atoms with E-state index in [1.54, 1.807) is 30.2 Å². The number of hydrogen-bond acceptors (Lipinski definition) is 4. The first-order chi connectivity index (χ1) is 18.3. The van der Waals surface area contributed by atoms with E-state index in [9.17, 15) is 4.79 Å². The van der Waals surface area contributed by atoms with Crippen molar-refractivity contribution in [3.63, 3.8) is 0 Å². The SMILES string of the molecule is COc1ccc(CN2Cc3ccc(N4CC5CC4CN5C(C)C)cc3N(c3c(Cl)cccc3Cl)C2=O)cc1. The molecule has 0 spiro atoms. The van der Waals surface area contributed by atoms with Crippen molar-refractivity contribution >= 4 is 46.3 Å². The third-order valence-corrected chi connectivity index (χ3v) is 8.71. The molecule has 3 aliphatic heterocycles. The van der Waals surface area contributed by atoms with E-state index < -0.39 is 0 Å². The number of urea groups is 1. The highest BCUT2D eigenvalue weighted by Gasteiger charge is 2.44. The molecule has 0 radical (unpaired) electrons. The second-order valence-electron chi connectivity index (χ2n) is 10.7. The summed E-state index contributed by atoms with van der Waals surface area (Å²) in [4.78, 5) is 22.7. The predicted octanol–water partition coefficient (Wildman–Crippen LogP) is 6.95. The maximum Gasteiger partial charge on any atom is 0.329 e. The number of para-hydroxylation sites is 1. The molecule has 2 amide bonds. The number of carbonyl (C=O) groups excluding carboxylic acids is 1. The highest BCUT2D eigenvalue weighted by molar-refractivity contribution is 6.40. The van der Waals surface area contributed by atoms with Crippen LogP contribution in [0.3, 0.4) is 0 Å². The Hall–Kier alpha value is -2.93. The van der Waals surface area contributed by atoms with E-state index in [4.69, 9.17) is 27.9 Å². The number of fused-ring (bicyclic) bond motifs is 3. The fraction of sp³-hybridized carbons (Fsp3) is 0.367. The Balaban J connectivity index is 1.37. The van der Waals surface area contributed by atoms with Gasteiger partial charge in [0, 0.05) is 50.0 Å². The van der Waals surface area contributed by atoms with Crippen LogP contribution in [0.25, 0.3) is 0 Å². The smallest absolute Gasteiger partial charge is 0.329 e. The lowest BCUT2D eigenvalue weighted by Crippen LogP contribution is -2.49. The van der Waals surface area contributed by atoms with Gasteiger partial charge in [0.25, 0.3) is 0 Å². The minimum atomic E-state index is -0.144. The standard InChI is InChI=1S/C30H32Cl2N4O2/c1-19(2)34-17-24-13-23(34)18-35(24)22-10-9-21-16-33(15-20-7-11-25(38-3)12-8-20)30(37)36(28(21)14-22)29-26(31)5-4-6-27(29)32/h4-12,14,19,23-24H,13,15-18H2,1-3H3. The van der Waals surface area contributed by atoms with E-state index >= 15 is 0 Å². The topological polar surface area (TPSA) is 39.3 Å². The highest BCUT2D eigenvalue weighted by Crippen LogP contribution is 2.45. The van der Waals surface area contributed by atoms with Crippen LogP contribution in [-0.2, 0) is 13.1 Å². The maximum atomic E-state index is 14.1. The van der Waals surface area contributed by atoms with E-state index in [1.807, 2.05) is 29.2 Å². The first-order valence-electron chi connectivity index (χ1n) is 13.2. The number of piperazine rings is 1. The van der Waals surface area contributed by atoms with Gasteiger partial charge < -0.3 is 14.5 Å². The number of halogens is 2. The third kappa shape index (κ3) is 4.39. The molecule has 198 valence electrons. The predicted molar refractivity (Wildman–Crippen MR) is 154 cm³/mol. The van der Waals surface area contributed by atoms with Crippen molar-refractivity contribution in [2.45, 2.75) is 51.5 Å². The average molecular weight is 552 g/mol. The molecule has 6 rings (SSSR count). The number of ether oxygens (including phenoxy) is 1. The van der Waals surface area contributed by atoms with Crippen molar-refractivity contribution in [1.82, 2.24) is 9.80 Å². The molecule has 2 bridgehead atoms. The van der Waals surface area contributed by atoms with Crippen LogP contribution < -0.4 is 14.5 Å². The molecular weight excluding hydrogens is 519 g/mol. The lowest BCUT2D eigenvalue weighted by Gasteiger charge is -2.40. The van der Waals surface area contributed by atoms with E-state index in [1.165, 1.54) is 6.42 Å². The second kappa shape index (κ2) is 9.99. The first-order valence-corrected chi connectivity index (χ1v) is 13.9. The van der Waals surface area contributed by atoms with Gasteiger partial charge >= 0.3 is 6.03 Å². The van der Waals surface area contributed by atoms with Crippen LogP contribution in [0.2, 0.25) is 10.0 Å². The fourth-order valence-corrected chi connectivity index (χ4v) is 6.80. The van der Waals surface area contributed by atoms with Crippen molar-refractivity contribution in [1.29, 1.82) is 0 Å². The molecule has 2 atom stereocenters. The van der Waals surface area contributed by atoms with Crippen LogP contribution in [0.5, 0.6) is 5.75 Å². The Morgan fingerprint density at radius 1 is 0.974 bits per heavy atom. The van der Waals surface area contributed by atoms with Crippen molar-refractivity contribution in [3.05, 3.63) is 81.8 Å². The van der Waals surface area contributed by atoms with Gasteiger partial charge in [-0.15, -0.1) is 0 Å². The quantitative estimate of drug-likeness (QED) is 0.333. The molecule has 3 aromatic carbocycles. The molecule has 0 aromatic heterocycles. The number of benzene rings is 3. The van der Waals surface area contributed by atoms with Crippen LogP contribution in [0.15, 0.2) is 60.7 Å². The molecule has 0 aliphatic carbocycles. The molecule has 3 heterocycles. The first kappa shape index (κ1) is 25.4. The molecule has 3 aliphatic rings. The molecular formula is C30H32Cl2N4O2. The zero-order valence-corrected chi connectivity index (χ0v) is 23.4. The summed E-state index contributed by atoms with van der Waals surface area (Å²) in [6.45, 7) is 7.60. The number of hydrogen-bond donors (Lipinski definition) is 0. The largest absolute Gasteiger partial charge is 0.497 e. The minimum Gasteiger partial charge on any atom is -0.497 e. The molecule has 0 saturated carbocycles. The lowest BCUT2D eigenvalue weighted by atomic mass is 10.0. The Kier molecular flexibility index (Phi) is 6.67. The summed E-state index contributed by atoms with van der Waals surface area (Å²) < 4.78 is 5.29. The van der Waals surface area contributed by atoms with Crippen LogP contribution in [0.1, 0.15) is 31.4 Å². The molecule has 2 fully saturated rings. The highest BCUT2D eigenvalue weighted by atomic mass is 35.5. The van der Waals surface area contributed by atoms with Crippen molar-refractivity contribution in [2.75, 3.05) is 30.0 Å². The average Bonchev–Trinajstić information content (AvgIpc) is 3.52. The van der Waals surface area contributed by atoms with Gasteiger partial charge in [-0.05, 0) is 67.8 Å². The molecule has 8 heteroatoms. The van der Waals surface area contributed by atoms with Gasteiger partial charge in [0.1, 0.15) is 5.75 Å². The minimum absolute atomic E-state index is 0.144. The van der Waals surface area contributed by atoms with E-state index in [0.29, 0.717) is 46.9 Å². The summed E-state index contributed by atoms with van der Waals surface area (Å²) in [7, 11) is 1.65. The third-order valence-electron chi connectivity index (χ3n) is 8.10. The number of nitrogens with zero attached hydrogens (tertiary/aromatic N) is 4. The molecule has 3 aromatic rings. The summed E-state index contributed by atoms with van der Waals surface area (Å²) in [6, 6.07) is 21.1. The Labute approximate surface area is 234 Å². The summed E-state index contributed by atoms with van der Waals surface area (Å²) in [5.74, 6) is 0.785. The normalized spacial score (nSPS) is 21.0. The van der Waals surface area contributed by atoms with Crippen molar-refractivity contribution in [3.8, 4) is 5.75 Å². The number of rotatable bonds is 6. The zero-order valence-electron chi connectivity index (χ0n) is 21.9. The number of amides is 2. The number of carbonyl (C=O) groups is 1.